The van der Waals surface area contributed by atoms with Gasteiger partial charge in [0.1, 0.15) is 0 Å². The molecule has 2 amide bonds. The number of nitrogens with zero attached hydrogens (tertiary/aromatic N) is 4. The number of rotatable bonds is 7. The molecule has 1 saturated heterocycles. The van der Waals surface area contributed by atoms with Crippen LogP contribution in [-0.2, 0) is 4.79 Å². The average Bonchev–Trinajstić information content (AvgIpc) is 3.26. The van der Waals surface area contributed by atoms with Crippen LogP contribution in [0.5, 0.6) is 0 Å². The fraction of sp³-hybridized carbons (Fsp3) is 0.474. The van der Waals surface area contributed by atoms with Gasteiger partial charge in [0.15, 0.2) is 5.82 Å². The summed E-state index contributed by atoms with van der Waals surface area (Å²) in [6.07, 6.45) is 5.65. The molecule has 26 heavy (non-hydrogen) atoms. The minimum Gasteiger partial charge on any atom is -0.352 e. The third-order valence-electron chi connectivity index (χ3n) is 4.53. The number of amides is 2. The van der Waals surface area contributed by atoms with Gasteiger partial charge < -0.3 is 10.2 Å². The Kier molecular flexibility index (Phi) is 5.65. The SMILES string of the molecule is CC(C)c1c(C(=O)NCCCN2CCCC2=O)cnn1-c1ccccn1. The number of nitrogens with one attached hydrogen (secondary N) is 1. The van der Waals surface area contributed by atoms with Crippen LogP contribution in [0.15, 0.2) is 30.6 Å². The second-order valence-corrected chi connectivity index (χ2v) is 6.79. The zero-order valence-corrected chi connectivity index (χ0v) is 15.3. The number of likely N-dealkylation sites (tertiary alicyclic amines) is 1. The van der Waals surface area contributed by atoms with Gasteiger partial charge in [0.2, 0.25) is 5.91 Å². The van der Waals surface area contributed by atoms with E-state index in [1.165, 1.54) is 0 Å². The predicted molar refractivity (Wildman–Crippen MR) is 98.2 cm³/mol. The van der Waals surface area contributed by atoms with Gasteiger partial charge in [-0.2, -0.15) is 5.10 Å². The van der Waals surface area contributed by atoms with Crippen LogP contribution in [0.4, 0.5) is 0 Å². The fourth-order valence-corrected chi connectivity index (χ4v) is 3.26. The van der Waals surface area contributed by atoms with E-state index in [0.717, 1.165) is 25.1 Å². The van der Waals surface area contributed by atoms with E-state index in [4.69, 9.17) is 0 Å². The Bertz CT molecular complexity index is 769. The molecule has 1 fully saturated rings. The lowest BCUT2D eigenvalue weighted by Gasteiger charge is -2.15. The third-order valence-corrected chi connectivity index (χ3v) is 4.53. The van der Waals surface area contributed by atoms with Gasteiger partial charge >= 0.3 is 0 Å². The molecule has 0 spiro atoms. The van der Waals surface area contributed by atoms with Gasteiger partial charge in [0, 0.05) is 32.3 Å². The number of carbonyl (C=O) groups excluding carboxylic acids is 2. The molecule has 3 heterocycles. The maximum absolute atomic E-state index is 12.6. The molecule has 2 aromatic heterocycles. The molecule has 0 unspecified atom stereocenters. The van der Waals surface area contributed by atoms with Crippen molar-refractivity contribution in [1.29, 1.82) is 0 Å². The summed E-state index contributed by atoms with van der Waals surface area (Å²) in [5.41, 5.74) is 1.42. The van der Waals surface area contributed by atoms with Crippen LogP contribution < -0.4 is 5.32 Å². The normalized spacial score (nSPS) is 14.3. The lowest BCUT2D eigenvalue weighted by molar-refractivity contribution is -0.127. The smallest absolute Gasteiger partial charge is 0.254 e. The highest BCUT2D eigenvalue weighted by Gasteiger charge is 2.22. The summed E-state index contributed by atoms with van der Waals surface area (Å²) in [6, 6.07) is 5.61. The Morgan fingerprint density at radius 1 is 1.35 bits per heavy atom. The van der Waals surface area contributed by atoms with Crippen LogP contribution in [0, 0.1) is 0 Å². The van der Waals surface area contributed by atoms with E-state index in [1.807, 2.05) is 36.9 Å². The van der Waals surface area contributed by atoms with Gasteiger partial charge in [-0.15, -0.1) is 0 Å². The van der Waals surface area contributed by atoms with Crippen molar-refractivity contribution >= 4 is 11.8 Å². The van der Waals surface area contributed by atoms with E-state index in [0.29, 0.717) is 30.9 Å². The first kappa shape index (κ1) is 18.1. The van der Waals surface area contributed by atoms with Crippen LogP contribution in [-0.4, -0.2) is 51.1 Å². The van der Waals surface area contributed by atoms with E-state index in [-0.39, 0.29) is 17.7 Å². The Morgan fingerprint density at radius 2 is 2.19 bits per heavy atom. The highest BCUT2D eigenvalue weighted by molar-refractivity contribution is 5.95. The molecule has 0 radical (unpaired) electrons. The summed E-state index contributed by atoms with van der Waals surface area (Å²) >= 11 is 0. The van der Waals surface area contributed by atoms with Crippen molar-refractivity contribution in [2.24, 2.45) is 0 Å². The predicted octanol–water partition coefficient (Wildman–Crippen LogP) is 2.13. The maximum atomic E-state index is 12.6. The first-order valence-corrected chi connectivity index (χ1v) is 9.13. The highest BCUT2D eigenvalue weighted by Crippen LogP contribution is 2.22. The van der Waals surface area contributed by atoms with Crippen LogP contribution in [0.25, 0.3) is 5.82 Å². The van der Waals surface area contributed by atoms with Gasteiger partial charge in [0.25, 0.3) is 5.91 Å². The van der Waals surface area contributed by atoms with Crippen LogP contribution in [0.1, 0.15) is 55.1 Å². The summed E-state index contributed by atoms with van der Waals surface area (Å²) < 4.78 is 1.72. The average molecular weight is 355 g/mol. The molecule has 0 aromatic carbocycles. The van der Waals surface area contributed by atoms with Crippen molar-refractivity contribution in [3.63, 3.8) is 0 Å². The van der Waals surface area contributed by atoms with Crippen molar-refractivity contribution in [2.75, 3.05) is 19.6 Å². The van der Waals surface area contributed by atoms with E-state index in [2.05, 4.69) is 15.4 Å². The lowest BCUT2D eigenvalue weighted by atomic mass is 10.1. The van der Waals surface area contributed by atoms with Crippen molar-refractivity contribution < 1.29 is 9.59 Å². The Balaban J connectivity index is 1.64. The molecular formula is C19H25N5O2. The topological polar surface area (TPSA) is 80.1 Å². The third kappa shape index (κ3) is 3.92. The number of hydrogen-bond donors (Lipinski definition) is 1. The second kappa shape index (κ2) is 8.12. The molecule has 7 nitrogen and oxygen atoms in total. The van der Waals surface area contributed by atoms with Gasteiger partial charge in [-0.3, -0.25) is 9.59 Å². The quantitative estimate of drug-likeness (QED) is 0.772. The number of carbonyl (C=O) groups is 2. The van der Waals surface area contributed by atoms with E-state index >= 15 is 0 Å². The minimum absolute atomic E-state index is 0.127. The molecule has 2 aromatic rings. The van der Waals surface area contributed by atoms with Crippen molar-refractivity contribution in [2.45, 2.75) is 39.0 Å². The zero-order valence-electron chi connectivity index (χ0n) is 15.3. The van der Waals surface area contributed by atoms with Crippen LogP contribution >= 0.6 is 0 Å². The standard InChI is InChI=1S/C19H25N5O2/c1-14(2)18-15(13-22-24(18)16-7-3-4-9-20-16)19(26)21-10-6-12-23-11-5-8-17(23)25/h3-4,7,9,13-14H,5-6,8,10-12H2,1-2H3,(H,21,26). The van der Waals surface area contributed by atoms with Crippen molar-refractivity contribution in [1.82, 2.24) is 25.0 Å². The molecule has 138 valence electrons. The Hall–Kier alpha value is -2.70. The maximum Gasteiger partial charge on any atom is 0.254 e. The monoisotopic (exact) mass is 355 g/mol. The molecular weight excluding hydrogens is 330 g/mol. The van der Waals surface area contributed by atoms with Crippen molar-refractivity contribution in [3.05, 3.63) is 41.9 Å². The summed E-state index contributed by atoms with van der Waals surface area (Å²) in [5, 5.41) is 7.32. The molecule has 3 rings (SSSR count). The number of aromatic nitrogens is 3. The lowest BCUT2D eigenvalue weighted by Crippen LogP contribution is -2.31. The number of hydrogen-bond acceptors (Lipinski definition) is 4. The molecule has 0 bridgehead atoms. The molecule has 0 aliphatic carbocycles. The van der Waals surface area contributed by atoms with Crippen LogP contribution in [0.3, 0.4) is 0 Å². The van der Waals surface area contributed by atoms with Gasteiger partial charge in [-0.25, -0.2) is 9.67 Å². The highest BCUT2D eigenvalue weighted by atomic mass is 16.2. The Labute approximate surface area is 153 Å². The molecule has 0 saturated carbocycles. The van der Waals surface area contributed by atoms with Gasteiger partial charge in [0.05, 0.1) is 17.5 Å². The van der Waals surface area contributed by atoms with Gasteiger partial charge in [-0.1, -0.05) is 19.9 Å². The summed E-state index contributed by atoms with van der Waals surface area (Å²) in [7, 11) is 0. The first-order valence-electron chi connectivity index (χ1n) is 9.13. The summed E-state index contributed by atoms with van der Waals surface area (Å²) in [6.45, 7) is 6.14. The molecule has 1 aliphatic rings. The largest absolute Gasteiger partial charge is 0.352 e. The second-order valence-electron chi connectivity index (χ2n) is 6.79. The number of pyridine rings is 1. The van der Waals surface area contributed by atoms with Crippen molar-refractivity contribution in [3.8, 4) is 5.82 Å². The Morgan fingerprint density at radius 3 is 2.85 bits per heavy atom. The minimum atomic E-state index is -0.136. The summed E-state index contributed by atoms with van der Waals surface area (Å²) in [5.74, 6) is 0.906. The van der Waals surface area contributed by atoms with Gasteiger partial charge in [-0.05, 0) is 30.9 Å². The van der Waals surface area contributed by atoms with E-state index in [1.54, 1.807) is 17.1 Å². The summed E-state index contributed by atoms with van der Waals surface area (Å²) in [4.78, 5) is 30.4. The fourth-order valence-electron chi connectivity index (χ4n) is 3.26. The first-order chi connectivity index (χ1) is 12.6. The molecule has 7 heteroatoms. The molecule has 1 N–H and O–H groups in total. The van der Waals surface area contributed by atoms with E-state index < -0.39 is 0 Å². The van der Waals surface area contributed by atoms with E-state index in [9.17, 15) is 9.59 Å². The zero-order chi connectivity index (χ0) is 18.5. The van der Waals surface area contributed by atoms with Crippen LogP contribution in [0.2, 0.25) is 0 Å². The molecule has 0 atom stereocenters. The molecule has 1 aliphatic heterocycles.